The molecule has 6 heteroatoms. The summed E-state index contributed by atoms with van der Waals surface area (Å²) >= 11 is 0. The van der Waals surface area contributed by atoms with Crippen LogP contribution in [0.4, 0.5) is 0 Å². The topological polar surface area (TPSA) is 66.0 Å². The zero-order valence-corrected chi connectivity index (χ0v) is 18.4. The molecule has 0 aromatic heterocycles. The Morgan fingerprint density at radius 3 is 2.73 bits per heavy atom. The van der Waals surface area contributed by atoms with Crippen LogP contribution in [0.5, 0.6) is 0 Å². The number of carbonyl (C=O) groups is 1. The van der Waals surface area contributed by atoms with Gasteiger partial charge in [0.15, 0.2) is 5.96 Å². The molecule has 3 rings (SSSR count). The number of rotatable bonds is 10. The summed E-state index contributed by atoms with van der Waals surface area (Å²) in [5.74, 6) is 1.51. The third-order valence-electron chi connectivity index (χ3n) is 5.97. The fraction of sp³-hybridized carbons (Fsp3) is 0.667. The van der Waals surface area contributed by atoms with Crippen LogP contribution in [-0.4, -0.2) is 55.6 Å². The molecule has 0 bridgehead atoms. The first-order valence-electron chi connectivity index (χ1n) is 11.7. The highest BCUT2D eigenvalue weighted by Crippen LogP contribution is 2.27. The van der Waals surface area contributed by atoms with Gasteiger partial charge in [0.2, 0.25) is 5.91 Å². The maximum absolute atomic E-state index is 12.6. The van der Waals surface area contributed by atoms with Gasteiger partial charge in [-0.2, -0.15) is 0 Å². The molecule has 0 radical (unpaired) electrons. The standard InChI is InChI=1S/C24H38N4O2/c1-2-25-24(26-15-8-9-17-30-19-20-10-4-3-5-11-20)27-22-14-16-28(18-22)23(29)21-12-6-7-13-21/h3-5,10-11,21-22H,2,6-9,12-19H2,1H3,(H2,25,26,27). The first-order valence-corrected chi connectivity index (χ1v) is 11.7. The van der Waals surface area contributed by atoms with Gasteiger partial charge in [-0.1, -0.05) is 43.2 Å². The van der Waals surface area contributed by atoms with Crippen molar-refractivity contribution in [1.29, 1.82) is 0 Å². The summed E-state index contributed by atoms with van der Waals surface area (Å²) in [5, 5.41) is 6.87. The smallest absolute Gasteiger partial charge is 0.225 e. The minimum atomic E-state index is 0.273. The van der Waals surface area contributed by atoms with Crippen LogP contribution < -0.4 is 10.6 Å². The average molecular weight is 415 g/mol. The third kappa shape index (κ3) is 7.31. The van der Waals surface area contributed by atoms with E-state index in [9.17, 15) is 4.79 Å². The zero-order valence-electron chi connectivity index (χ0n) is 18.4. The summed E-state index contributed by atoms with van der Waals surface area (Å²) in [6, 6.07) is 10.6. The summed E-state index contributed by atoms with van der Waals surface area (Å²) in [6.07, 6.45) is 7.57. The number of carbonyl (C=O) groups excluding carboxylic acids is 1. The number of aliphatic imine (C=N–C) groups is 1. The largest absolute Gasteiger partial charge is 0.377 e. The number of nitrogens with zero attached hydrogens (tertiary/aromatic N) is 2. The first-order chi connectivity index (χ1) is 14.8. The van der Waals surface area contributed by atoms with Crippen LogP contribution in [0, 0.1) is 5.92 Å². The van der Waals surface area contributed by atoms with E-state index in [0.29, 0.717) is 18.6 Å². The molecule has 1 aromatic rings. The molecule has 1 saturated carbocycles. The lowest BCUT2D eigenvalue weighted by molar-refractivity contribution is -0.134. The van der Waals surface area contributed by atoms with Gasteiger partial charge in [-0.3, -0.25) is 9.79 Å². The zero-order chi connectivity index (χ0) is 21.0. The number of likely N-dealkylation sites (tertiary alicyclic amines) is 1. The van der Waals surface area contributed by atoms with Gasteiger partial charge in [-0.25, -0.2) is 0 Å². The van der Waals surface area contributed by atoms with Crippen molar-refractivity contribution in [2.75, 3.05) is 32.8 Å². The van der Waals surface area contributed by atoms with Crippen molar-refractivity contribution in [3.8, 4) is 0 Å². The van der Waals surface area contributed by atoms with Gasteiger partial charge in [-0.15, -0.1) is 0 Å². The fourth-order valence-corrected chi connectivity index (χ4v) is 4.29. The molecule has 166 valence electrons. The molecule has 2 aliphatic rings. The first kappa shape index (κ1) is 22.6. The number of nitrogens with one attached hydrogen (secondary N) is 2. The summed E-state index contributed by atoms with van der Waals surface area (Å²) in [4.78, 5) is 19.4. The Morgan fingerprint density at radius 2 is 1.97 bits per heavy atom. The third-order valence-corrected chi connectivity index (χ3v) is 5.97. The lowest BCUT2D eigenvalue weighted by Gasteiger charge is -2.21. The van der Waals surface area contributed by atoms with E-state index in [0.717, 1.165) is 70.8 Å². The molecule has 1 heterocycles. The van der Waals surface area contributed by atoms with Crippen molar-refractivity contribution in [2.24, 2.45) is 10.9 Å². The normalized spacial score (nSPS) is 20.0. The number of guanidine groups is 1. The predicted octanol–water partition coefficient (Wildman–Crippen LogP) is 3.33. The van der Waals surface area contributed by atoms with E-state index in [2.05, 4.69) is 34.6 Å². The van der Waals surface area contributed by atoms with E-state index in [4.69, 9.17) is 9.73 Å². The molecule has 0 spiro atoms. The Bertz CT molecular complexity index is 658. The molecule has 1 unspecified atom stereocenters. The minimum Gasteiger partial charge on any atom is -0.377 e. The number of unbranched alkanes of at least 4 members (excludes halogenated alkanes) is 1. The predicted molar refractivity (Wildman–Crippen MR) is 121 cm³/mol. The van der Waals surface area contributed by atoms with Crippen molar-refractivity contribution in [1.82, 2.24) is 15.5 Å². The molecule has 1 amide bonds. The highest BCUT2D eigenvalue weighted by Gasteiger charge is 2.32. The molecule has 1 atom stereocenters. The summed E-state index contributed by atoms with van der Waals surface area (Å²) in [5.41, 5.74) is 1.21. The molecule has 1 aliphatic carbocycles. The van der Waals surface area contributed by atoms with Crippen LogP contribution in [0.3, 0.4) is 0 Å². The molecule has 1 aromatic carbocycles. The number of hydrogen-bond donors (Lipinski definition) is 2. The molecule has 1 aliphatic heterocycles. The van der Waals surface area contributed by atoms with Crippen molar-refractivity contribution < 1.29 is 9.53 Å². The number of benzene rings is 1. The van der Waals surface area contributed by atoms with Crippen molar-refractivity contribution in [3.63, 3.8) is 0 Å². The van der Waals surface area contributed by atoms with E-state index in [1.165, 1.54) is 18.4 Å². The van der Waals surface area contributed by atoms with Crippen LogP contribution in [0.15, 0.2) is 35.3 Å². The van der Waals surface area contributed by atoms with Gasteiger partial charge in [0.25, 0.3) is 0 Å². The summed E-state index contributed by atoms with van der Waals surface area (Å²) in [7, 11) is 0. The van der Waals surface area contributed by atoms with Crippen molar-refractivity contribution in [3.05, 3.63) is 35.9 Å². The fourth-order valence-electron chi connectivity index (χ4n) is 4.29. The van der Waals surface area contributed by atoms with Crippen molar-refractivity contribution >= 4 is 11.9 Å². The van der Waals surface area contributed by atoms with Gasteiger partial charge in [-0.05, 0) is 44.6 Å². The molecule has 6 nitrogen and oxygen atoms in total. The maximum Gasteiger partial charge on any atom is 0.225 e. The monoisotopic (exact) mass is 414 g/mol. The van der Waals surface area contributed by atoms with Crippen LogP contribution >= 0.6 is 0 Å². The van der Waals surface area contributed by atoms with Crippen LogP contribution in [0.2, 0.25) is 0 Å². The van der Waals surface area contributed by atoms with E-state index in [1.54, 1.807) is 0 Å². The Labute approximate surface area is 181 Å². The molecule has 2 N–H and O–H groups in total. The summed E-state index contributed by atoms with van der Waals surface area (Å²) in [6.45, 7) is 6.80. The van der Waals surface area contributed by atoms with Gasteiger partial charge < -0.3 is 20.3 Å². The van der Waals surface area contributed by atoms with Crippen molar-refractivity contribution in [2.45, 2.75) is 64.5 Å². The summed E-state index contributed by atoms with van der Waals surface area (Å²) < 4.78 is 5.74. The molecule has 30 heavy (non-hydrogen) atoms. The Morgan fingerprint density at radius 1 is 1.17 bits per heavy atom. The lowest BCUT2D eigenvalue weighted by atomic mass is 10.1. The van der Waals surface area contributed by atoms with Crippen LogP contribution in [0.1, 0.15) is 57.4 Å². The number of hydrogen-bond acceptors (Lipinski definition) is 3. The van der Waals surface area contributed by atoms with Gasteiger partial charge >= 0.3 is 0 Å². The van der Waals surface area contributed by atoms with E-state index in [-0.39, 0.29) is 5.92 Å². The molecular formula is C24H38N4O2. The van der Waals surface area contributed by atoms with E-state index in [1.807, 2.05) is 18.2 Å². The Hall–Kier alpha value is -2.08. The Kier molecular flexibility index (Phi) is 9.48. The van der Waals surface area contributed by atoms with Gasteiger partial charge in [0, 0.05) is 44.7 Å². The van der Waals surface area contributed by atoms with E-state index < -0.39 is 0 Å². The van der Waals surface area contributed by atoms with E-state index >= 15 is 0 Å². The highest BCUT2D eigenvalue weighted by atomic mass is 16.5. The molecule has 2 fully saturated rings. The minimum absolute atomic E-state index is 0.273. The maximum atomic E-state index is 12.6. The number of ether oxygens (including phenoxy) is 1. The quantitative estimate of drug-likeness (QED) is 0.350. The SMILES string of the molecule is CCNC(=NCCCCOCc1ccccc1)NC1CCN(C(=O)C2CCCC2)C1. The van der Waals surface area contributed by atoms with Crippen LogP contribution in [0.25, 0.3) is 0 Å². The second-order valence-corrected chi connectivity index (χ2v) is 8.40. The Balaban J connectivity index is 1.32. The lowest BCUT2D eigenvalue weighted by Crippen LogP contribution is -2.45. The second kappa shape index (κ2) is 12.6. The second-order valence-electron chi connectivity index (χ2n) is 8.40. The molecular weight excluding hydrogens is 376 g/mol. The van der Waals surface area contributed by atoms with Crippen LogP contribution in [-0.2, 0) is 16.1 Å². The van der Waals surface area contributed by atoms with Gasteiger partial charge in [0.1, 0.15) is 0 Å². The highest BCUT2D eigenvalue weighted by molar-refractivity contribution is 5.81. The number of amides is 1. The average Bonchev–Trinajstić information content (AvgIpc) is 3.46. The molecule has 1 saturated heterocycles. The van der Waals surface area contributed by atoms with Gasteiger partial charge in [0.05, 0.1) is 6.61 Å².